The molecular weight excluding hydrogens is 248 g/mol. The summed E-state index contributed by atoms with van der Waals surface area (Å²) < 4.78 is 2.32. The van der Waals surface area contributed by atoms with Gasteiger partial charge in [0.1, 0.15) is 0 Å². The molecule has 1 saturated heterocycles. The van der Waals surface area contributed by atoms with Crippen LogP contribution >= 0.6 is 0 Å². The van der Waals surface area contributed by atoms with E-state index in [1.54, 1.807) is 0 Å². The fourth-order valence-corrected chi connectivity index (χ4v) is 3.03. The summed E-state index contributed by atoms with van der Waals surface area (Å²) in [5.74, 6) is 0. The lowest BCUT2D eigenvalue weighted by Crippen LogP contribution is -2.39. The van der Waals surface area contributed by atoms with E-state index < -0.39 is 0 Å². The summed E-state index contributed by atoms with van der Waals surface area (Å²) in [4.78, 5) is 8.56. The van der Waals surface area contributed by atoms with Crippen LogP contribution in [0.1, 0.15) is 31.0 Å². The molecule has 3 rings (SSSR count). The quantitative estimate of drug-likeness (QED) is 0.926. The molecule has 0 saturated carbocycles. The average molecular weight is 270 g/mol. The van der Waals surface area contributed by atoms with Gasteiger partial charge in [-0.3, -0.25) is 4.98 Å². The Kier molecular flexibility index (Phi) is 3.83. The van der Waals surface area contributed by atoms with Crippen LogP contribution in [0.5, 0.6) is 0 Å². The number of hydrogen-bond donors (Lipinski definition) is 1. The number of piperidine rings is 1. The van der Waals surface area contributed by atoms with Crippen LogP contribution in [0.3, 0.4) is 0 Å². The van der Waals surface area contributed by atoms with Crippen molar-refractivity contribution in [3.8, 4) is 0 Å². The van der Waals surface area contributed by atoms with Crippen LogP contribution < -0.4 is 5.32 Å². The van der Waals surface area contributed by atoms with Crippen molar-refractivity contribution in [2.75, 3.05) is 13.1 Å². The highest BCUT2D eigenvalue weighted by molar-refractivity contribution is 5.16. The van der Waals surface area contributed by atoms with Crippen molar-refractivity contribution >= 4 is 0 Å². The monoisotopic (exact) mass is 270 g/mol. The van der Waals surface area contributed by atoms with Crippen molar-refractivity contribution in [2.45, 2.75) is 38.1 Å². The lowest BCUT2D eigenvalue weighted by atomic mass is 9.78. The standard InChI is InChI=1S/C16H22N4/c1-16(5-8-17-9-6-16)15-12-19-13-20(15)10-4-14-3-2-7-18-11-14/h2-3,7,11-13,17H,4-6,8-10H2,1H3. The molecule has 2 aromatic heterocycles. The van der Waals surface area contributed by atoms with Crippen molar-refractivity contribution in [2.24, 2.45) is 0 Å². The highest BCUT2D eigenvalue weighted by atomic mass is 15.1. The van der Waals surface area contributed by atoms with Crippen molar-refractivity contribution in [3.63, 3.8) is 0 Å². The third-order valence-electron chi connectivity index (χ3n) is 4.40. The molecule has 0 aromatic carbocycles. The summed E-state index contributed by atoms with van der Waals surface area (Å²) in [6, 6.07) is 4.13. The van der Waals surface area contributed by atoms with E-state index in [1.165, 1.54) is 24.1 Å². The molecule has 0 spiro atoms. The normalized spacial score (nSPS) is 18.1. The Bertz CT molecular complexity index is 541. The second-order valence-corrected chi connectivity index (χ2v) is 5.89. The van der Waals surface area contributed by atoms with Crippen LogP contribution in [-0.4, -0.2) is 27.6 Å². The number of pyridine rings is 1. The molecule has 4 heteroatoms. The topological polar surface area (TPSA) is 42.7 Å². The lowest BCUT2D eigenvalue weighted by Gasteiger charge is -2.34. The summed E-state index contributed by atoms with van der Waals surface area (Å²) in [5.41, 5.74) is 2.92. The number of aromatic nitrogens is 3. The highest BCUT2D eigenvalue weighted by Crippen LogP contribution is 2.32. The van der Waals surface area contributed by atoms with Crippen molar-refractivity contribution < 1.29 is 0 Å². The molecule has 2 aromatic rings. The third kappa shape index (κ3) is 2.75. The number of rotatable bonds is 4. The zero-order valence-corrected chi connectivity index (χ0v) is 12.0. The van der Waals surface area contributed by atoms with Crippen molar-refractivity contribution in [3.05, 3.63) is 48.3 Å². The van der Waals surface area contributed by atoms with Crippen LogP contribution in [0, 0.1) is 0 Å². The molecule has 0 unspecified atom stereocenters. The van der Waals surface area contributed by atoms with Crippen LogP contribution in [-0.2, 0) is 18.4 Å². The molecule has 0 radical (unpaired) electrons. The first-order valence-corrected chi connectivity index (χ1v) is 7.38. The van der Waals surface area contributed by atoms with Gasteiger partial charge in [-0.25, -0.2) is 4.98 Å². The molecule has 1 N–H and O–H groups in total. The molecule has 1 aliphatic heterocycles. The summed E-state index contributed by atoms with van der Waals surface area (Å²) >= 11 is 0. The predicted octanol–water partition coefficient (Wildman–Crippen LogP) is 2.16. The third-order valence-corrected chi connectivity index (χ3v) is 4.40. The van der Waals surface area contributed by atoms with Crippen LogP contribution in [0.2, 0.25) is 0 Å². The average Bonchev–Trinajstić information content (AvgIpc) is 2.96. The molecule has 3 heterocycles. The van der Waals surface area contributed by atoms with Gasteiger partial charge in [0.05, 0.1) is 6.33 Å². The zero-order chi connectivity index (χ0) is 13.8. The zero-order valence-electron chi connectivity index (χ0n) is 12.0. The number of nitrogens with zero attached hydrogens (tertiary/aromatic N) is 3. The Balaban J connectivity index is 1.73. The molecule has 0 bridgehead atoms. The van der Waals surface area contributed by atoms with E-state index in [-0.39, 0.29) is 5.41 Å². The maximum absolute atomic E-state index is 4.38. The van der Waals surface area contributed by atoms with Gasteiger partial charge in [0, 0.05) is 36.2 Å². The van der Waals surface area contributed by atoms with Crippen LogP contribution in [0.4, 0.5) is 0 Å². The Labute approximate surface area is 120 Å². The van der Waals surface area contributed by atoms with Gasteiger partial charge < -0.3 is 9.88 Å². The Hall–Kier alpha value is -1.68. The van der Waals surface area contributed by atoms with E-state index in [2.05, 4.69) is 39.0 Å². The molecule has 4 nitrogen and oxygen atoms in total. The molecular formula is C16H22N4. The number of aryl methyl sites for hydroxylation is 2. The fourth-order valence-electron chi connectivity index (χ4n) is 3.03. The van der Waals surface area contributed by atoms with E-state index in [9.17, 15) is 0 Å². The van der Waals surface area contributed by atoms with E-state index in [0.717, 1.165) is 26.1 Å². The van der Waals surface area contributed by atoms with Gasteiger partial charge in [0.25, 0.3) is 0 Å². The van der Waals surface area contributed by atoms with Crippen molar-refractivity contribution in [1.29, 1.82) is 0 Å². The van der Waals surface area contributed by atoms with Crippen LogP contribution in [0.25, 0.3) is 0 Å². The maximum Gasteiger partial charge on any atom is 0.0948 e. The largest absolute Gasteiger partial charge is 0.334 e. The van der Waals surface area contributed by atoms with Gasteiger partial charge in [-0.05, 0) is 44.0 Å². The summed E-state index contributed by atoms with van der Waals surface area (Å²) in [6.45, 7) is 5.55. The first-order valence-electron chi connectivity index (χ1n) is 7.38. The van der Waals surface area contributed by atoms with E-state index >= 15 is 0 Å². The fraction of sp³-hybridized carbons (Fsp3) is 0.500. The van der Waals surface area contributed by atoms with Gasteiger partial charge in [-0.1, -0.05) is 13.0 Å². The van der Waals surface area contributed by atoms with Crippen LogP contribution in [0.15, 0.2) is 37.1 Å². The molecule has 0 amide bonds. The summed E-state index contributed by atoms with van der Waals surface area (Å²) in [7, 11) is 0. The Morgan fingerprint density at radius 1 is 1.25 bits per heavy atom. The van der Waals surface area contributed by atoms with E-state index in [0.29, 0.717) is 0 Å². The molecule has 1 fully saturated rings. The minimum atomic E-state index is 0.261. The van der Waals surface area contributed by atoms with E-state index in [4.69, 9.17) is 0 Å². The van der Waals surface area contributed by atoms with Gasteiger partial charge in [-0.15, -0.1) is 0 Å². The van der Waals surface area contributed by atoms with Gasteiger partial charge >= 0.3 is 0 Å². The maximum atomic E-state index is 4.38. The molecule has 0 atom stereocenters. The lowest BCUT2D eigenvalue weighted by molar-refractivity contribution is 0.316. The van der Waals surface area contributed by atoms with Gasteiger partial charge in [-0.2, -0.15) is 0 Å². The van der Waals surface area contributed by atoms with Crippen molar-refractivity contribution in [1.82, 2.24) is 19.9 Å². The Morgan fingerprint density at radius 2 is 2.10 bits per heavy atom. The predicted molar refractivity (Wildman–Crippen MR) is 79.6 cm³/mol. The first-order chi connectivity index (χ1) is 9.78. The molecule has 1 aliphatic rings. The SMILES string of the molecule is CC1(c2cncn2CCc2cccnc2)CCNCC1. The minimum Gasteiger partial charge on any atom is -0.334 e. The van der Waals surface area contributed by atoms with Gasteiger partial charge in [0.2, 0.25) is 0 Å². The number of hydrogen-bond acceptors (Lipinski definition) is 3. The number of imidazole rings is 1. The molecule has 0 aliphatic carbocycles. The highest BCUT2D eigenvalue weighted by Gasteiger charge is 2.31. The molecule has 106 valence electrons. The summed E-state index contributed by atoms with van der Waals surface area (Å²) in [5, 5.41) is 3.44. The molecule has 20 heavy (non-hydrogen) atoms. The smallest absolute Gasteiger partial charge is 0.0948 e. The first kappa shape index (κ1) is 13.3. The van der Waals surface area contributed by atoms with E-state index in [1.807, 2.05) is 24.8 Å². The number of nitrogens with one attached hydrogen (secondary N) is 1. The summed E-state index contributed by atoms with van der Waals surface area (Å²) in [6.07, 6.45) is 11.2. The second kappa shape index (κ2) is 5.75. The minimum absolute atomic E-state index is 0.261. The second-order valence-electron chi connectivity index (χ2n) is 5.89. The Morgan fingerprint density at radius 3 is 2.85 bits per heavy atom. The van der Waals surface area contributed by atoms with Gasteiger partial charge in [0.15, 0.2) is 0 Å².